The molecule has 0 saturated carbocycles. The summed E-state index contributed by atoms with van der Waals surface area (Å²) < 4.78 is 42.9. The number of aromatic nitrogens is 1. The van der Waals surface area contributed by atoms with Gasteiger partial charge in [-0.15, -0.1) is 0 Å². The number of ether oxygens (including phenoxy) is 1. The lowest BCUT2D eigenvalue weighted by molar-refractivity contribution is -0.137. The molecule has 0 saturated heterocycles. The van der Waals surface area contributed by atoms with E-state index < -0.39 is 17.6 Å². The van der Waals surface area contributed by atoms with Gasteiger partial charge in [-0.2, -0.15) is 18.4 Å². The molecule has 0 aliphatic rings. The Labute approximate surface area is 142 Å². The summed E-state index contributed by atoms with van der Waals surface area (Å²) in [5.74, 6) is -0.918. The lowest BCUT2D eigenvalue weighted by Crippen LogP contribution is -2.25. The van der Waals surface area contributed by atoms with Crippen molar-refractivity contribution in [1.82, 2.24) is 10.3 Å². The molecule has 8 heteroatoms. The largest absolute Gasteiger partial charge is 0.494 e. The van der Waals surface area contributed by atoms with Gasteiger partial charge in [0.15, 0.2) is 11.4 Å². The van der Waals surface area contributed by atoms with Crippen molar-refractivity contribution in [3.8, 4) is 11.8 Å². The highest BCUT2D eigenvalue weighted by molar-refractivity contribution is 5.94. The smallest absolute Gasteiger partial charge is 0.418 e. The van der Waals surface area contributed by atoms with Crippen LogP contribution in [0.5, 0.6) is 5.75 Å². The number of carbonyl (C=O) groups is 1. The summed E-state index contributed by atoms with van der Waals surface area (Å²) in [5.41, 5.74) is 0.856. The molecule has 1 heterocycles. The van der Waals surface area contributed by atoms with Crippen LogP contribution in [0.25, 0.3) is 0 Å². The molecule has 0 radical (unpaired) electrons. The number of nitrogens with one attached hydrogen (secondary N) is 1. The first-order valence-electron chi connectivity index (χ1n) is 7.15. The molecule has 2 aromatic rings. The molecule has 1 aromatic heterocycles. The molecule has 130 valence electrons. The molecule has 25 heavy (non-hydrogen) atoms. The third-order valence-corrected chi connectivity index (χ3v) is 3.53. The summed E-state index contributed by atoms with van der Waals surface area (Å²) >= 11 is 0. The summed E-state index contributed by atoms with van der Waals surface area (Å²) in [7, 11) is 1.17. The third-order valence-electron chi connectivity index (χ3n) is 3.53. The standard InChI is InChI=1S/C17H14F3N3O2/c1-10-5-11(7-21)3-4-12(10)8-23-16(24)15-14(25-2)6-13(9-22-15)17(18,19)20/h3-6,9H,8H2,1-2H3,(H,23,24). The first-order valence-corrected chi connectivity index (χ1v) is 7.15. The van der Waals surface area contributed by atoms with Crippen molar-refractivity contribution in [3.63, 3.8) is 0 Å². The van der Waals surface area contributed by atoms with Gasteiger partial charge in [-0.25, -0.2) is 4.98 Å². The Balaban J connectivity index is 2.17. The Hall–Kier alpha value is -3.08. The fourth-order valence-corrected chi connectivity index (χ4v) is 2.15. The molecule has 0 bridgehead atoms. The Bertz CT molecular complexity index is 842. The lowest BCUT2D eigenvalue weighted by atomic mass is 10.1. The highest BCUT2D eigenvalue weighted by Gasteiger charge is 2.32. The number of methoxy groups -OCH3 is 1. The van der Waals surface area contributed by atoms with Crippen LogP contribution in [-0.4, -0.2) is 18.0 Å². The third kappa shape index (κ3) is 4.26. The average Bonchev–Trinajstić information content (AvgIpc) is 2.58. The van der Waals surface area contributed by atoms with Gasteiger partial charge in [0.2, 0.25) is 0 Å². The number of halogens is 3. The summed E-state index contributed by atoms with van der Waals surface area (Å²) in [6, 6.07) is 7.74. The van der Waals surface area contributed by atoms with Gasteiger partial charge in [-0.1, -0.05) is 6.07 Å². The first-order chi connectivity index (χ1) is 11.8. The molecular formula is C17H14F3N3O2. The highest BCUT2D eigenvalue weighted by atomic mass is 19.4. The SMILES string of the molecule is COc1cc(C(F)(F)F)cnc1C(=O)NCc1ccc(C#N)cc1C. The number of pyridine rings is 1. The summed E-state index contributed by atoms with van der Waals surface area (Å²) in [4.78, 5) is 15.8. The van der Waals surface area contributed by atoms with E-state index in [1.807, 2.05) is 6.07 Å². The van der Waals surface area contributed by atoms with Crippen LogP contribution in [0.2, 0.25) is 0 Å². The van der Waals surface area contributed by atoms with Crippen LogP contribution in [0.4, 0.5) is 13.2 Å². The highest BCUT2D eigenvalue weighted by Crippen LogP contribution is 2.31. The molecule has 1 aromatic carbocycles. The van der Waals surface area contributed by atoms with Gasteiger partial charge in [0, 0.05) is 12.7 Å². The first kappa shape index (κ1) is 18.3. The van der Waals surface area contributed by atoms with Gasteiger partial charge >= 0.3 is 6.18 Å². The van der Waals surface area contributed by atoms with Gasteiger partial charge in [0.25, 0.3) is 5.91 Å². The minimum atomic E-state index is -4.57. The van der Waals surface area contributed by atoms with Crippen molar-refractivity contribution < 1.29 is 22.7 Å². The van der Waals surface area contributed by atoms with Gasteiger partial charge in [0.1, 0.15) is 0 Å². The number of alkyl halides is 3. The minimum Gasteiger partial charge on any atom is -0.494 e. The van der Waals surface area contributed by atoms with E-state index in [9.17, 15) is 18.0 Å². The zero-order valence-electron chi connectivity index (χ0n) is 13.4. The van der Waals surface area contributed by atoms with Crippen LogP contribution < -0.4 is 10.1 Å². The predicted octanol–water partition coefficient (Wildman–Crippen LogP) is 3.22. The van der Waals surface area contributed by atoms with E-state index >= 15 is 0 Å². The summed E-state index contributed by atoms with van der Waals surface area (Å²) in [5, 5.41) is 11.4. The monoisotopic (exact) mass is 349 g/mol. The molecule has 0 spiro atoms. The van der Waals surface area contributed by atoms with Crippen LogP contribution in [0, 0.1) is 18.3 Å². The van der Waals surface area contributed by atoms with Gasteiger partial charge < -0.3 is 10.1 Å². The molecule has 0 aliphatic heterocycles. The van der Waals surface area contributed by atoms with E-state index in [1.165, 1.54) is 7.11 Å². The van der Waals surface area contributed by atoms with E-state index in [0.717, 1.165) is 17.2 Å². The van der Waals surface area contributed by atoms with E-state index in [0.29, 0.717) is 11.8 Å². The molecule has 0 unspecified atom stereocenters. The number of nitriles is 1. The van der Waals surface area contributed by atoms with E-state index in [1.54, 1.807) is 25.1 Å². The summed E-state index contributed by atoms with van der Waals surface area (Å²) in [6.45, 7) is 1.93. The average molecular weight is 349 g/mol. The lowest BCUT2D eigenvalue weighted by Gasteiger charge is -2.12. The number of hydrogen-bond acceptors (Lipinski definition) is 4. The Kier molecular flexibility index (Phi) is 5.27. The Morgan fingerprint density at radius 2 is 2.08 bits per heavy atom. The zero-order valence-corrected chi connectivity index (χ0v) is 13.4. The molecule has 0 atom stereocenters. The Morgan fingerprint density at radius 3 is 2.64 bits per heavy atom. The van der Waals surface area contributed by atoms with Crippen LogP contribution >= 0.6 is 0 Å². The van der Waals surface area contributed by atoms with Crippen molar-refractivity contribution in [1.29, 1.82) is 5.26 Å². The van der Waals surface area contributed by atoms with Crippen molar-refractivity contribution in [3.05, 3.63) is 58.4 Å². The molecular weight excluding hydrogens is 335 g/mol. The van der Waals surface area contributed by atoms with Crippen molar-refractivity contribution in [2.24, 2.45) is 0 Å². The topological polar surface area (TPSA) is 75.0 Å². The molecule has 0 aliphatic carbocycles. The quantitative estimate of drug-likeness (QED) is 0.920. The number of aryl methyl sites for hydroxylation is 1. The van der Waals surface area contributed by atoms with Crippen molar-refractivity contribution >= 4 is 5.91 Å². The fourth-order valence-electron chi connectivity index (χ4n) is 2.15. The minimum absolute atomic E-state index is 0.141. The second-order valence-corrected chi connectivity index (χ2v) is 5.21. The number of amides is 1. The summed E-state index contributed by atoms with van der Waals surface area (Å²) in [6.07, 6.45) is -3.99. The van der Waals surface area contributed by atoms with E-state index in [-0.39, 0.29) is 18.0 Å². The number of carbonyl (C=O) groups excluding carboxylic acids is 1. The van der Waals surface area contributed by atoms with Gasteiger partial charge in [0.05, 0.1) is 24.3 Å². The number of rotatable bonds is 4. The number of nitrogens with zero attached hydrogens (tertiary/aromatic N) is 2. The second-order valence-electron chi connectivity index (χ2n) is 5.21. The maximum Gasteiger partial charge on any atom is 0.418 e. The van der Waals surface area contributed by atoms with E-state index in [2.05, 4.69) is 10.3 Å². The van der Waals surface area contributed by atoms with Gasteiger partial charge in [-0.3, -0.25) is 4.79 Å². The van der Waals surface area contributed by atoms with Gasteiger partial charge in [-0.05, 0) is 36.2 Å². The van der Waals surface area contributed by atoms with Crippen LogP contribution in [0.3, 0.4) is 0 Å². The van der Waals surface area contributed by atoms with Crippen molar-refractivity contribution in [2.45, 2.75) is 19.6 Å². The molecule has 2 rings (SSSR count). The zero-order chi connectivity index (χ0) is 18.6. The maximum atomic E-state index is 12.7. The van der Waals surface area contributed by atoms with E-state index in [4.69, 9.17) is 10.00 Å². The number of hydrogen-bond donors (Lipinski definition) is 1. The second kappa shape index (κ2) is 7.21. The fraction of sp³-hybridized carbons (Fsp3) is 0.235. The normalized spacial score (nSPS) is 10.9. The molecule has 5 nitrogen and oxygen atoms in total. The molecule has 1 amide bonds. The molecule has 0 fully saturated rings. The van der Waals surface area contributed by atoms with Crippen molar-refractivity contribution in [2.75, 3.05) is 7.11 Å². The Morgan fingerprint density at radius 1 is 1.36 bits per heavy atom. The number of benzene rings is 1. The maximum absolute atomic E-state index is 12.7. The van der Waals surface area contributed by atoms with Crippen LogP contribution in [0.15, 0.2) is 30.5 Å². The van der Waals surface area contributed by atoms with Crippen LogP contribution in [-0.2, 0) is 12.7 Å². The molecule has 1 N–H and O–H groups in total. The van der Waals surface area contributed by atoms with Crippen LogP contribution in [0.1, 0.15) is 32.7 Å². The predicted molar refractivity (Wildman–Crippen MR) is 82.9 cm³/mol.